The topological polar surface area (TPSA) is 46.5 Å². The molecule has 1 aliphatic rings. The van der Waals surface area contributed by atoms with E-state index in [0.29, 0.717) is 12.8 Å². The maximum atomic E-state index is 11.3. The first-order valence-corrected chi connectivity index (χ1v) is 7.03. The smallest absolute Gasteiger partial charge is 0.306 e. The normalized spacial score (nSPS) is 20.8. The fraction of sp³-hybridized carbons (Fsp3) is 0.500. The molecular formula is C14H17BrO3. The highest BCUT2D eigenvalue weighted by molar-refractivity contribution is 9.10. The Balaban J connectivity index is 1.97. The first kappa shape index (κ1) is 13.6. The van der Waals surface area contributed by atoms with Crippen molar-refractivity contribution in [3.05, 3.63) is 34.3 Å². The van der Waals surface area contributed by atoms with Gasteiger partial charge in [0.05, 0.1) is 12.0 Å². The zero-order valence-corrected chi connectivity index (χ0v) is 11.7. The molecule has 0 spiro atoms. The zero-order chi connectivity index (χ0) is 13.0. The van der Waals surface area contributed by atoms with E-state index in [-0.39, 0.29) is 12.0 Å². The molecule has 3 nitrogen and oxygen atoms in total. The van der Waals surface area contributed by atoms with E-state index in [1.54, 1.807) is 0 Å². The summed E-state index contributed by atoms with van der Waals surface area (Å²) in [6.07, 6.45) is 3.36. The average Bonchev–Trinajstić information content (AvgIpc) is 2.84. The molecule has 0 aromatic heterocycles. The Hall–Kier alpha value is -0.870. The molecule has 1 aromatic carbocycles. The summed E-state index contributed by atoms with van der Waals surface area (Å²) in [6, 6.07) is 7.83. The van der Waals surface area contributed by atoms with Gasteiger partial charge in [0.15, 0.2) is 0 Å². The second kappa shape index (κ2) is 6.34. The third-order valence-corrected chi connectivity index (χ3v) is 3.84. The van der Waals surface area contributed by atoms with Crippen LogP contribution in [0.25, 0.3) is 0 Å². The summed E-state index contributed by atoms with van der Waals surface area (Å²) in [5.74, 6) is -1.08. The predicted octanol–water partition coefficient (Wildman–Crippen LogP) is 3.26. The molecule has 18 heavy (non-hydrogen) atoms. The van der Waals surface area contributed by atoms with Gasteiger partial charge in [0.2, 0.25) is 0 Å². The van der Waals surface area contributed by atoms with E-state index >= 15 is 0 Å². The Morgan fingerprint density at radius 1 is 1.44 bits per heavy atom. The number of hydrogen-bond acceptors (Lipinski definition) is 2. The minimum atomic E-state index is -0.728. The number of carboxylic acids is 1. The van der Waals surface area contributed by atoms with Crippen LogP contribution in [0, 0.1) is 5.92 Å². The van der Waals surface area contributed by atoms with Gasteiger partial charge in [-0.2, -0.15) is 0 Å². The number of benzene rings is 1. The summed E-state index contributed by atoms with van der Waals surface area (Å²) in [6.45, 7) is 0.773. The van der Waals surface area contributed by atoms with Crippen molar-refractivity contribution >= 4 is 21.9 Å². The van der Waals surface area contributed by atoms with Crippen molar-refractivity contribution in [3.8, 4) is 0 Å². The molecule has 0 bridgehead atoms. The highest BCUT2D eigenvalue weighted by Crippen LogP contribution is 2.23. The summed E-state index contributed by atoms with van der Waals surface area (Å²) in [4.78, 5) is 11.3. The van der Waals surface area contributed by atoms with Gasteiger partial charge in [-0.15, -0.1) is 0 Å². The fourth-order valence-electron chi connectivity index (χ4n) is 2.32. The number of hydrogen-bond donors (Lipinski definition) is 1. The highest BCUT2D eigenvalue weighted by atomic mass is 79.9. The Labute approximate surface area is 115 Å². The van der Waals surface area contributed by atoms with Crippen LogP contribution >= 0.6 is 15.9 Å². The fourth-order valence-corrected chi connectivity index (χ4v) is 2.59. The van der Waals surface area contributed by atoms with Crippen LogP contribution in [0.15, 0.2) is 28.7 Å². The lowest BCUT2D eigenvalue weighted by Crippen LogP contribution is -2.22. The van der Waals surface area contributed by atoms with E-state index in [0.717, 1.165) is 29.5 Å². The van der Waals surface area contributed by atoms with Crippen molar-refractivity contribution in [1.29, 1.82) is 0 Å². The minimum absolute atomic E-state index is 0.126. The lowest BCUT2D eigenvalue weighted by molar-refractivity contribution is -0.142. The van der Waals surface area contributed by atoms with Gasteiger partial charge in [0, 0.05) is 11.1 Å². The lowest BCUT2D eigenvalue weighted by atomic mass is 9.93. The van der Waals surface area contributed by atoms with Crippen molar-refractivity contribution in [2.24, 2.45) is 5.92 Å². The van der Waals surface area contributed by atoms with Crippen LogP contribution in [0.4, 0.5) is 0 Å². The maximum Gasteiger partial charge on any atom is 0.306 e. The number of ether oxygens (including phenoxy) is 1. The van der Waals surface area contributed by atoms with Gasteiger partial charge in [0.25, 0.3) is 0 Å². The van der Waals surface area contributed by atoms with E-state index in [2.05, 4.69) is 15.9 Å². The largest absolute Gasteiger partial charge is 0.481 e. The SMILES string of the molecule is O=C(O)C(Cc1ccc(Br)cc1)CC1CCCO1. The molecule has 2 unspecified atom stereocenters. The van der Waals surface area contributed by atoms with Crippen molar-refractivity contribution in [3.63, 3.8) is 0 Å². The highest BCUT2D eigenvalue weighted by Gasteiger charge is 2.25. The van der Waals surface area contributed by atoms with Crippen molar-refractivity contribution in [1.82, 2.24) is 0 Å². The monoisotopic (exact) mass is 312 g/mol. The molecule has 1 aliphatic heterocycles. The molecule has 2 rings (SSSR count). The molecule has 4 heteroatoms. The first-order valence-electron chi connectivity index (χ1n) is 6.24. The molecule has 1 fully saturated rings. The Bertz CT molecular complexity index is 396. The Morgan fingerprint density at radius 3 is 2.72 bits per heavy atom. The van der Waals surface area contributed by atoms with Crippen molar-refractivity contribution in [2.75, 3.05) is 6.61 Å². The van der Waals surface area contributed by atoms with E-state index < -0.39 is 5.97 Å². The van der Waals surface area contributed by atoms with Crippen LogP contribution in [-0.2, 0) is 16.0 Å². The molecule has 1 aromatic rings. The molecule has 0 saturated carbocycles. The van der Waals surface area contributed by atoms with Crippen LogP contribution in [-0.4, -0.2) is 23.8 Å². The number of carbonyl (C=O) groups is 1. The Kier molecular flexibility index (Phi) is 4.78. The molecule has 1 N–H and O–H groups in total. The van der Waals surface area contributed by atoms with Gasteiger partial charge < -0.3 is 9.84 Å². The first-order chi connectivity index (χ1) is 8.65. The number of carboxylic acid groups (broad SMARTS) is 1. The van der Waals surface area contributed by atoms with Crippen molar-refractivity contribution < 1.29 is 14.6 Å². The van der Waals surface area contributed by atoms with Crippen LogP contribution < -0.4 is 0 Å². The van der Waals surface area contributed by atoms with Crippen molar-refractivity contribution in [2.45, 2.75) is 31.8 Å². The minimum Gasteiger partial charge on any atom is -0.481 e. The van der Waals surface area contributed by atoms with Gasteiger partial charge in [-0.25, -0.2) is 0 Å². The molecule has 0 radical (unpaired) electrons. The molecule has 0 amide bonds. The van der Waals surface area contributed by atoms with Gasteiger partial charge in [0.1, 0.15) is 0 Å². The predicted molar refractivity (Wildman–Crippen MR) is 72.6 cm³/mol. The average molecular weight is 313 g/mol. The van der Waals surface area contributed by atoms with E-state index in [9.17, 15) is 9.90 Å². The van der Waals surface area contributed by atoms with Crippen LogP contribution in [0.3, 0.4) is 0 Å². The second-order valence-corrected chi connectivity index (χ2v) is 5.65. The number of rotatable bonds is 5. The van der Waals surface area contributed by atoms with Crippen LogP contribution in [0.5, 0.6) is 0 Å². The van der Waals surface area contributed by atoms with E-state index in [1.165, 1.54) is 0 Å². The van der Waals surface area contributed by atoms with Gasteiger partial charge in [-0.1, -0.05) is 28.1 Å². The number of halogens is 1. The standard InChI is InChI=1S/C14H17BrO3/c15-12-5-3-10(4-6-12)8-11(14(16)17)9-13-2-1-7-18-13/h3-6,11,13H,1-2,7-9H2,(H,16,17). The lowest BCUT2D eigenvalue weighted by Gasteiger charge is -2.16. The third-order valence-electron chi connectivity index (χ3n) is 3.32. The maximum absolute atomic E-state index is 11.3. The van der Waals surface area contributed by atoms with Gasteiger partial charge in [-0.3, -0.25) is 4.79 Å². The van der Waals surface area contributed by atoms with E-state index in [4.69, 9.17) is 4.74 Å². The molecule has 1 saturated heterocycles. The Morgan fingerprint density at radius 2 is 2.17 bits per heavy atom. The molecule has 0 aliphatic carbocycles. The third kappa shape index (κ3) is 3.82. The van der Waals surface area contributed by atoms with Gasteiger partial charge >= 0.3 is 5.97 Å². The summed E-state index contributed by atoms with van der Waals surface area (Å²) < 4.78 is 6.53. The number of aliphatic carboxylic acids is 1. The molecule has 2 atom stereocenters. The quantitative estimate of drug-likeness (QED) is 0.907. The zero-order valence-electron chi connectivity index (χ0n) is 10.1. The van der Waals surface area contributed by atoms with Crippen LogP contribution in [0.1, 0.15) is 24.8 Å². The summed E-state index contributed by atoms with van der Waals surface area (Å²) in [7, 11) is 0. The van der Waals surface area contributed by atoms with E-state index in [1.807, 2.05) is 24.3 Å². The van der Waals surface area contributed by atoms with Crippen LogP contribution in [0.2, 0.25) is 0 Å². The summed E-state index contributed by atoms with van der Waals surface area (Å²) in [5.41, 5.74) is 1.06. The molecule has 1 heterocycles. The summed E-state index contributed by atoms with van der Waals surface area (Å²) in [5, 5.41) is 9.28. The second-order valence-electron chi connectivity index (χ2n) is 4.74. The van der Waals surface area contributed by atoms with Gasteiger partial charge in [-0.05, 0) is 43.4 Å². The molecule has 98 valence electrons. The summed E-state index contributed by atoms with van der Waals surface area (Å²) >= 11 is 3.38. The molecular weight excluding hydrogens is 296 g/mol.